The topological polar surface area (TPSA) is 112 Å². The molecule has 0 aromatic heterocycles. The molecule has 0 amide bonds. The molecule has 0 spiro atoms. The summed E-state index contributed by atoms with van der Waals surface area (Å²) in [6.45, 7) is 11.5. The van der Waals surface area contributed by atoms with Gasteiger partial charge in [0.25, 0.3) is 5.70 Å². The molecule has 3 aromatic rings. The third-order valence-corrected chi connectivity index (χ3v) is 7.61. The lowest BCUT2D eigenvalue weighted by molar-refractivity contribution is 0.463. The lowest BCUT2D eigenvalue weighted by Gasteiger charge is -2.24. The first-order valence-corrected chi connectivity index (χ1v) is 13.3. The zero-order valence-corrected chi connectivity index (χ0v) is 22.3. The Morgan fingerprint density at radius 3 is 2.38 bits per heavy atom. The molecule has 0 fully saturated rings. The number of benzene rings is 3. The van der Waals surface area contributed by atoms with Crippen molar-refractivity contribution in [2.24, 2.45) is 0 Å². The summed E-state index contributed by atoms with van der Waals surface area (Å²) in [7, 11) is -2.62. The second-order valence-electron chi connectivity index (χ2n) is 9.42. The minimum atomic E-state index is -4.56. The van der Waals surface area contributed by atoms with Gasteiger partial charge in [-0.3, -0.25) is 0 Å². The van der Waals surface area contributed by atoms with Crippen molar-refractivity contribution in [1.82, 2.24) is 0 Å². The highest BCUT2D eigenvalue weighted by atomic mass is 32.2. The molecule has 0 saturated carbocycles. The maximum atomic E-state index is 11.5. The van der Waals surface area contributed by atoms with Crippen LogP contribution in [0.4, 0.5) is 5.69 Å². The second-order valence-corrected chi connectivity index (χ2v) is 10.8. The smallest absolute Gasteiger partial charge is 0.270 e. The number of rotatable bonds is 5. The van der Waals surface area contributed by atoms with Gasteiger partial charge < -0.3 is 9.45 Å². The van der Waals surface area contributed by atoms with Gasteiger partial charge in [0.15, 0.2) is 0 Å². The maximum Gasteiger partial charge on any atom is 0.270 e. The second kappa shape index (κ2) is 10.4. The van der Waals surface area contributed by atoms with Crippen LogP contribution in [-0.4, -0.2) is 20.0 Å². The number of likely N-dealkylation sites (N-methyl/N-ethyl adjacent to an activating group) is 1. The molecule has 0 saturated heterocycles. The van der Waals surface area contributed by atoms with E-state index >= 15 is 0 Å². The van der Waals surface area contributed by atoms with Gasteiger partial charge in [0, 0.05) is 29.4 Å². The molecule has 0 bridgehead atoms. The molecule has 0 unspecified atom stereocenters. The lowest BCUT2D eigenvalue weighted by atomic mass is 9.81. The predicted molar refractivity (Wildman–Crippen MR) is 150 cm³/mol. The van der Waals surface area contributed by atoms with Crippen molar-refractivity contribution in [3.05, 3.63) is 124 Å². The van der Waals surface area contributed by atoms with Crippen molar-refractivity contribution in [1.29, 1.82) is 10.5 Å². The van der Waals surface area contributed by atoms with Crippen molar-refractivity contribution >= 4 is 32.2 Å². The minimum Gasteiger partial charge on any atom is -0.744 e. The average Bonchev–Trinajstić information content (AvgIpc) is 3.12. The number of anilines is 1. The highest BCUT2D eigenvalue weighted by Gasteiger charge is 2.39. The molecule has 192 valence electrons. The molecular formula is C31H23N4O3S-. The quantitative estimate of drug-likeness (QED) is 0.167. The summed E-state index contributed by atoms with van der Waals surface area (Å²) in [4.78, 5) is 5.11. The molecule has 3 aromatic carbocycles. The van der Waals surface area contributed by atoms with Gasteiger partial charge in [-0.05, 0) is 52.3 Å². The maximum absolute atomic E-state index is 11.5. The first-order valence-electron chi connectivity index (χ1n) is 11.9. The van der Waals surface area contributed by atoms with Gasteiger partial charge in [-0.15, -0.1) is 0 Å². The summed E-state index contributed by atoms with van der Waals surface area (Å²) in [5, 5.41) is 20.9. The van der Waals surface area contributed by atoms with Crippen LogP contribution in [0.5, 0.6) is 0 Å². The van der Waals surface area contributed by atoms with Crippen molar-refractivity contribution in [3.8, 4) is 12.1 Å². The van der Waals surface area contributed by atoms with E-state index in [2.05, 4.69) is 24.8 Å². The van der Waals surface area contributed by atoms with Crippen molar-refractivity contribution in [2.45, 2.75) is 24.2 Å². The molecule has 4 rings (SSSR count). The summed E-state index contributed by atoms with van der Waals surface area (Å²) >= 11 is 0. The molecule has 0 radical (unpaired) electrons. The Morgan fingerprint density at radius 2 is 1.77 bits per heavy atom. The van der Waals surface area contributed by atoms with Gasteiger partial charge in [0.1, 0.15) is 10.1 Å². The molecule has 0 aliphatic carbocycles. The van der Waals surface area contributed by atoms with Crippen LogP contribution in [-0.2, 0) is 15.5 Å². The van der Waals surface area contributed by atoms with Gasteiger partial charge in [-0.1, -0.05) is 68.5 Å². The molecule has 7 nitrogen and oxygen atoms in total. The van der Waals surface area contributed by atoms with E-state index in [1.54, 1.807) is 54.6 Å². The van der Waals surface area contributed by atoms with E-state index in [0.29, 0.717) is 10.9 Å². The Morgan fingerprint density at radius 1 is 1.05 bits per heavy atom. The Hall–Kier alpha value is -4.94. The van der Waals surface area contributed by atoms with Crippen LogP contribution in [0.15, 0.2) is 107 Å². The Bertz CT molecular complexity index is 1830. The van der Waals surface area contributed by atoms with Crippen LogP contribution in [0.3, 0.4) is 0 Å². The van der Waals surface area contributed by atoms with E-state index in [1.165, 1.54) is 12.1 Å². The van der Waals surface area contributed by atoms with Gasteiger partial charge in [-0.25, -0.2) is 18.5 Å². The number of nitrogens with zero attached hydrogens (tertiary/aromatic N) is 4. The number of hydrogen-bond donors (Lipinski definition) is 0. The van der Waals surface area contributed by atoms with Crippen LogP contribution in [0.25, 0.3) is 21.2 Å². The van der Waals surface area contributed by atoms with Crippen LogP contribution in [0.1, 0.15) is 25.0 Å². The van der Waals surface area contributed by atoms with E-state index < -0.39 is 15.5 Å². The SMILES string of the molecule is [C-]#[N+]/C(C#N)=C(/C(C#N)=C/C=C/C=C1/N(C)c2ccc3cc(S(=O)(=O)[O-])ccc3c2C1(C)C)c1ccccc1. The first-order chi connectivity index (χ1) is 18.5. The summed E-state index contributed by atoms with van der Waals surface area (Å²) in [5.74, 6) is 0. The van der Waals surface area contributed by atoms with E-state index in [9.17, 15) is 23.5 Å². The van der Waals surface area contributed by atoms with E-state index in [0.717, 1.165) is 22.3 Å². The molecule has 8 heteroatoms. The van der Waals surface area contributed by atoms with Gasteiger partial charge in [-0.2, -0.15) is 5.26 Å². The first kappa shape index (κ1) is 27.1. The van der Waals surface area contributed by atoms with Gasteiger partial charge in [0.2, 0.25) is 0 Å². The van der Waals surface area contributed by atoms with Crippen molar-refractivity contribution in [2.75, 3.05) is 11.9 Å². The zero-order valence-electron chi connectivity index (χ0n) is 21.5. The van der Waals surface area contributed by atoms with Crippen LogP contribution < -0.4 is 4.90 Å². The molecule has 0 N–H and O–H groups in total. The predicted octanol–water partition coefficient (Wildman–Crippen LogP) is 6.22. The molecule has 39 heavy (non-hydrogen) atoms. The van der Waals surface area contributed by atoms with E-state index in [4.69, 9.17) is 6.57 Å². The molecule has 1 aliphatic rings. The third-order valence-electron chi connectivity index (χ3n) is 6.78. The fourth-order valence-electron chi connectivity index (χ4n) is 5.02. The minimum absolute atomic E-state index is 0.160. The van der Waals surface area contributed by atoms with Gasteiger partial charge in [0.05, 0.1) is 29.2 Å². The fraction of sp³-hybridized carbons (Fsp3) is 0.129. The molecule has 1 heterocycles. The van der Waals surface area contributed by atoms with Crippen LogP contribution in [0, 0.1) is 29.2 Å². The Labute approximate surface area is 228 Å². The van der Waals surface area contributed by atoms with Gasteiger partial charge >= 0.3 is 0 Å². The van der Waals surface area contributed by atoms with Crippen LogP contribution in [0.2, 0.25) is 0 Å². The summed E-state index contributed by atoms with van der Waals surface area (Å²) in [6.07, 6.45) is 7.01. The Balaban J connectivity index is 1.75. The van der Waals surface area contributed by atoms with Crippen molar-refractivity contribution in [3.63, 3.8) is 0 Å². The summed E-state index contributed by atoms with van der Waals surface area (Å²) < 4.78 is 34.5. The summed E-state index contributed by atoms with van der Waals surface area (Å²) in [5.41, 5.74) is 3.40. The normalized spacial score (nSPS) is 16.5. The van der Waals surface area contributed by atoms with E-state index in [-0.39, 0.29) is 21.7 Å². The Kier molecular flexibility index (Phi) is 7.25. The monoisotopic (exact) mass is 531 g/mol. The standard InChI is InChI=1S/C31H24N4O3S/c1-31(2)28(35(4)27-17-14-22-18-24(39(36,37)38)15-16-25(22)30(27)31)13-9-8-12-23(19-32)29(26(20-33)34-3)21-10-6-5-7-11-21/h5-18H,1-2,4H3,(H,36,37,38)/p-1/b9-8+,23-12+,28-13+,29-26+. The fourth-order valence-corrected chi connectivity index (χ4v) is 5.53. The third kappa shape index (κ3) is 4.98. The largest absolute Gasteiger partial charge is 0.744 e. The lowest BCUT2D eigenvalue weighted by Crippen LogP contribution is -2.22. The zero-order chi connectivity index (χ0) is 28.4. The number of hydrogen-bond acceptors (Lipinski definition) is 6. The van der Waals surface area contributed by atoms with E-state index in [1.807, 2.05) is 36.2 Å². The number of nitriles is 2. The molecular weight excluding hydrogens is 508 g/mol. The van der Waals surface area contributed by atoms with Crippen molar-refractivity contribution < 1.29 is 13.0 Å². The van der Waals surface area contributed by atoms with Crippen LogP contribution >= 0.6 is 0 Å². The molecule has 1 aliphatic heterocycles. The summed E-state index contributed by atoms with van der Waals surface area (Å²) in [6, 6.07) is 21.0. The highest BCUT2D eigenvalue weighted by Crippen LogP contribution is 2.50. The number of allylic oxidation sites excluding steroid dienone is 8. The highest BCUT2D eigenvalue weighted by molar-refractivity contribution is 7.85. The number of fused-ring (bicyclic) bond motifs is 3. The molecule has 0 atom stereocenters. The average molecular weight is 532 g/mol.